The molecule has 1 unspecified atom stereocenters. The fourth-order valence-corrected chi connectivity index (χ4v) is 3.77. The van der Waals surface area contributed by atoms with Gasteiger partial charge in [0, 0.05) is 25.0 Å². The summed E-state index contributed by atoms with van der Waals surface area (Å²) in [7, 11) is -2.83. The van der Waals surface area contributed by atoms with Crippen LogP contribution in [-0.4, -0.2) is 38.7 Å². The second-order valence-corrected chi connectivity index (χ2v) is 5.84. The van der Waals surface area contributed by atoms with Crippen LogP contribution in [0.5, 0.6) is 0 Å². The largest absolute Gasteiger partial charge is 0.313 e. The zero-order chi connectivity index (χ0) is 8.77. The number of sulfone groups is 1. The Morgan fingerprint density at radius 1 is 1.33 bits per heavy atom. The highest BCUT2D eigenvalue weighted by Crippen LogP contribution is 2.23. The highest BCUT2D eigenvalue weighted by molar-refractivity contribution is 7.92. The Hall–Kier alpha value is -0.130. The molecule has 0 aromatic carbocycles. The maximum Gasteiger partial charge on any atom is 0.167 e. The SMILES string of the molecule is C[C@H]1NC[C@@H]1C1NCCS1(=O)=O. The molecule has 0 aromatic heterocycles. The van der Waals surface area contributed by atoms with Gasteiger partial charge in [-0.1, -0.05) is 0 Å². The molecular weight excluding hydrogens is 176 g/mol. The number of hydrogen-bond donors (Lipinski definition) is 2. The molecule has 0 spiro atoms. The van der Waals surface area contributed by atoms with Crippen LogP contribution in [0, 0.1) is 5.92 Å². The summed E-state index contributed by atoms with van der Waals surface area (Å²) in [5.74, 6) is 0.582. The lowest BCUT2D eigenvalue weighted by Gasteiger charge is -2.38. The van der Waals surface area contributed by atoms with Gasteiger partial charge in [0.2, 0.25) is 0 Å². The van der Waals surface area contributed by atoms with Gasteiger partial charge >= 0.3 is 0 Å². The molecule has 3 atom stereocenters. The number of nitrogens with one attached hydrogen (secondary N) is 2. The lowest BCUT2D eigenvalue weighted by atomic mass is 9.93. The first-order valence-corrected chi connectivity index (χ1v) is 6.01. The quantitative estimate of drug-likeness (QED) is 0.553. The van der Waals surface area contributed by atoms with Crippen molar-refractivity contribution in [2.45, 2.75) is 18.3 Å². The molecule has 0 radical (unpaired) electrons. The Bertz CT molecular complexity index is 275. The van der Waals surface area contributed by atoms with E-state index in [1.54, 1.807) is 0 Å². The van der Waals surface area contributed by atoms with Crippen molar-refractivity contribution in [2.75, 3.05) is 18.8 Å². The summed E-state index contributed by atoms with van der Waals surface area (Å²) in [6.45, 7) is 3.48. The van der Waals surface area contributed by atoms with E-state index in [4.69, 9.17) is 0 Å². The average molecular weight is 190 g/mol. The van der Waals surface area contributed by atoms with Gasteiger partial charge in [0.25, 0.3) is 0 Å². The zero-order valence-electron chi connectivity index (χ0n) is 7.08. The molecule has 2 aliphatic heterocycles. The molecule has 2 fully saturated rings. The Balaban J connectivity index is 2.13. The fourth-order valence-electron chi connectivity index (χ4n) is 1.87. The Morgan fingerprint density at radius 3 is 2.42 bits per heavy atom. The van der Waals surface area contributed by atoms with Crippen LogP contribution in [0.1, 0.15) is 6.92 Å². The van der Waals surface area contributed by atoms with Gasteiger partial charge in [-0.05, 0) is 6.92 Å². The van der Waals surface area contributed by atoms with E-state index in [2.05, 4.69) is 10.6 Å². The van der Waals surface area contributed by atoms with Crippen molar-refractivity contribution in [2.24, 2.45) is 5.92 Å². The highest BCUT2D eigenvalue weighted by Gasteiger charge is 2.43. The minimum atomic E-state index is -2.83. The molecule has 2 N–H and O–H groups in total. The molecule has 0 aliphatic carbocycles. The molecule has 0 aromatic rings. The van der Waals surface area contributed by atoms with Crippen molar-refractivity contribution >= 4 is 9.84 Å². The fraction of sp³-hybridized carbons (Fsp3) is 1.00. The molecule has 0 amide bonds. The van der Waals surface area contributed by atoms with Crippen molar-refractivity contribution in [3.8, 4) is 0 Å². The predicted molar refractivity (Wildman–Crippen MR) is 46.5 cm³/mol. The maximum atomic E-state index is 11.5. The van der Waals surface area contributed by atoms with E-state index in [-0.39, 0.29) is 11.3 Å². The Morgan fingerprint density at radius 2 is 2.08 bits per heavy atom. The normalized spacial score (nSPS) is 45.6. The van der Waals surface area contributed by atoms with Gasteiger partial charge in [-0.3, -0.25) is 5.32 Å². The van der Waals surface area contributed by atoms with Crippen molar-refractivity contribution in [3.05, 3.63) is 0 Å². The van der Waals surface area contributed by atoms with E-state index in [9.17, 15) is 8.42 Å². The van der Waals surface area contributed by atoms with Gasteiger partial charge in [0.1, 0.15) is 5.37 Å². The van der Waals surface area contributed by atoms with Crippen molar-refractivity contribution in [3.63, 3.8) is 0 Å². The van der Waals surface area contributed by atoms with Crippen molar-refractivity contribution < 1.29 is 8.42 Å². The van der Waals surface area contributed by atoms with Crippen LogP contribution >= 0.6 is 0 Å². The summed E-state index contributed by atoms with van der Waals surface area (Å²) >= 11 is 0. The number of rotatable bonds is 1. The molecule has 4 nitrogen and oxygen atoms in total. The molecule has 70 valence electrons. The number of hydrogen-bond acceptors (Lipinski definition) is 4. The van der Waals surface area contributed by atoms with Gasteiger partial charge in [0.15, 0.2) is 9.84 Å². The minimum Gasteiger partial charge on any atom is -0.313 e. The Kier molecular flexibility index (Phi) is 1.89. The molecule has 0 bridgehead atoms. The van der Waals surface area contributed by atoms with E-state index >= 15 is 0 Å². The van der Waals surface area contributed by atoms with Crippen LogP contribution < -0.4 is 10.6 Å². The molecule has 2 rings (SSSR count). The van der Waals surface area contributed by atoms with Crippen LogP contribution in [0.2, 0.25) is 0 Å². The minimum absolute atomic E-state index is 0.275. The first-order valence-electron chi connectivity index (χ1n) is 4.29. The molecule has 0 saturated carbocycles. The summed E-state index contributed by atoms with van der Waals surface area (Å²) in [4.78, 5) is 0. The molecule has 5 heteroatoms. The lowest BCUT2D eigenvalue weighted by Crippen LogP contribution is -2.59. The van der Waals surface area contributed by atoms with E-state index < -0.39 is 9.84 Å². The smallest absolute Gasteiger partial charge is 0.167 e. The van der Waals surface area contributed by atoms with Gasteiger partial charge in [-0.25, -0.2) is 8.42 Å². The summed E-state index contributed by atoms with van der Waals surface area (Å²) < 4.78 is 22.9. The predicted octanol–water partition coefficient (Wildman–Crippen LogP) is -1.06. The van der Waals surface area contributed by atoms with Gasteiger partial charge in [-0.15, -0.1) is 0 Å². The first kappa shape index (κ1) is 8.47. The molecular formula is C7H14N2O2S. The van der Waals surface area contributed by atoms with Crippen LogP contribution in [-0.2, 0) is 9.84 Å². The van der Waals surface area contributed by atoms with Gasteiger partial charge in [-0.2, -0.15) is 0 Å². The third kappa shape index (κ3) is 1.16. The third-order valence-electron chi connectivity index (χ3n) is 2.83. The van der Waals surface area contributed by atoms with Crippen molar-refractivity contribution in [1.82, 2.24) is 10.6 Å². The standard InChI is InChI=1S/C7H14N2O2S/c1-5-6(4-9-5)7-8-2-3-12(7,10)11/h5-9H,2-4H2,1H3/t5-,6+,7?/m1/s1. The maximum absolute atomic E-state index is 11.5. The van der Waals surface area contributed by atoms with E-state index in [1.165, 1.54) is 0 Å². The van der Waals surface area contributed by atoms with Crippen molar-refractivity contribution in [1.29, 1.82) is 0 Å². The lowest BCUT2D eigenvalue weighted by molar-refractivity contribution is 0.228. The van der Waals surface area contributed by atoms with E-state index in [0.717, 1.165) is 6.54 Å². The summed E-state index contributed by atoms with van der Waals surface area (Å²) in [6.07, 6.45) is 0. The molecule has 2 saturated heterocycles. The van der Waals surface area contributed by atoms with Crippen LogP contribution in [0.15, 0.2) is 0 Å². The van der Waals surface area contributed by atoms with Gasteiger partial charge in [0.05, 0.1) is 5.75 Å². The summed E-state index contributed by atoms with van der Waals surface area (Å²) in [5.41, 5.74) is 0. The summed E-state index contributed by atoms with van der Waals surface area (Å²) in [6, 6.07) is 0.343. The topological polar surface area (TPSA) is 58.2 Å². The monoisotopic (exact) mass is 190 g/mol. The average Bonchev–Trinajstić information content (AvgIpc) is 2.29. The molecule has 12 heavy (non-hydrogen) atoms. The van der Waals surface area contributed by atoms with Crippen LogP contribution in [0.4, 0.5) is 0 Å². The summed E-state index contributed by atoms with van der Waals surface area (Å²) in [5, 5.41) is 5.94. The van der Waals surface area contributed by atoms with Crippen LogP contribution in [0.25, 0.3) is 0 Å². The second-order valence-electron chi connectivity index (χ2n) is 3.60. The van der Waals surface area contributed by atoms with Crippen LogP contribution in [0.3, 0.4) is 0 Å². The third-order valence-corrected chi connectivity index (χ3v) is 4.89. The Labute approximate surface area is 72.6 Å². The van der Waals surface area contributed by atoms with Gasteiger partial charge < -0.3 is 5.32 Å². The first-order chi connectivity index (χ1) is 5.61. The molecule has 2 aliphatic rings. The highest BCUT2D eigenvalue weighted by atomic mass is 32.2. The van der Waals surface area contributed by atoms with E-state index in [1.807, 2.05) is 6.92 Å². The second kappa shape index (κ2) is 2.68. The molecule has 2 heterocycles. The zero-order valence-corrected chi connectivity index (χ0v) is 7.89. The van der Waals surface area contributed by atoms with E-state index in [0.29, 0.717) is 18.3 Å².